The van der Waals surface area contributed by atoms with Crippen molar-refractivity contribution in [3.8, 4) is 5.69 Å². The summed E-state index contributed by atoms with van der Waals surface area (Å²) in [6, 6.07) is 9.98. The number of carbonyl (C=O) groups excluding carboxylic acids is 1. The molecule has 0 atom stereocenters. The van der Waals surface area contributed by atoms with E-state index in [1.54, 1.807) is 6.20 Å². The van der Waals surface area contributed by atoms with Crippen LogP contribution in [0, 0.1) is 5.92 Å². The van der Waals surface area contributed by atoms with E-state index in [1.807, 2.05) is 41.2 Å². The predicted octanol–water partition coefficient (Wildman–Crippen LogP) is 1.49. The topological polar surface area (TPSA) is 59.0 Å². The molecule has 0 saturated carbocycles. The zero-order chi connectivity index (χ0) is 14.5. The molecule has 1 aliphatic heterocycles. The molecule has 5 heteroatoms. The maximum Gasteiger partial charge on any atom is 0.223 e. The van der Waals surface area contributed by atoms with Gasteiger partial charge in [0.1, 0.15) is 0 Å². The summed E-state index contributed by atoms with van der Waals surface area (Å²) in [6.45, 7) is 2.47. The van der Waals surface area contributed by atoms with Crippen LogP contribution >= 0.6 is 0 Å². The summed E-state index contributed by atoms with van der Waals surface area (Å²) < 4.78 is 1.82. The lowest BCUT2D eigenvalue weighted by Crippen LogP contribution is -2.37. The third-order valence-corrected chi connectivity index (χ3v) is 3.88. The molecule has 110 valence electrons. The maximum absolute atomic E-state index is 12.1. The SMILES string of the molecule is O=C(NCc1ccc(-n2cccn2)cc1)C1CCNCC1. The van der Waals surface area contributed by atoms with E-state index in [2.05, 4.69) is 15.7 Å². The summed E-state index contributed by atoms with van der Waals surface area (Å²) in [5, 5.41) is 10.5. The lowest BCUT2D eigenvalue weighted by Gasteiger charge is -2.21. The van der Waals surface area contributed by atoms with Crippen LogP contribution in [0.15, 0.2) is 42.7 Å². The highest BCUT2D eigenvalue weighted by Gasteiger charge is 2.20. The fourth-order valence-electron chi connectivity index (χ4n) is 2.61. The highest BCUT2D eigenvalue weighted by Crippen LogP contribution is 2.12. The molecule has 1 saturated heterocycles. The Balaban J connectivity index is 1.54. The van der Waals surface area contributed by atoms with Gasteiger partial charge in [-0.2, -0.15) is 5.10 Å². The van der Waals surface area contributed by atoms with E-state index >= 15 is 0 Å². The summed E-state index contributed by atoms with van der Waals surface area (Å²) in [7, 11) is 0. The normalized spacial score (nSPS) is 15.8. The molecule has 2 heterocycles. The first kappa shape index (κ1) is 13.8. The summed E-state index contributed by atoms with van der Waals surface area (Å²) in [4.78, 5) is 12.1. The summed E-state index contributed by atoms with van der Waals surface area (Å²) in [5.74, 6) is 0.335. The lowest BCUT2D eigenvalue weighted by molar-refractivity contribution is -0.125. The second kappa shape index (κ2) is 6.54. The fourth-order valence-corrected chi connectivity index (χ4v) is 2.61. The average molecular weight is 284 g/mol. The number of hydrogen-bond donors (Lipinski definition) is 2. The Morgan fingerprint density at radius 3 is 2.71 bits per heavy atom. The van der Waals surface area contributed by atoms with Crippen LogP contribution in [0.3, 0.4) is 0 Å². The van der Waals surface area contributed by atoms with Crippen LogP contribution in [-0.2, 0) is 11.3 Å². The minimum atomic E-state index is 0.162. The molecule has 0 radical (unpaired) electrons. The number of benzene rings is 1. The van der Waals surface area contributed by atoms with Gasteiger partial charge in [0.2, 0.25) is 5.91 Å². The Kier molecular flexibility index (Phi) is 4.31. The van der Waals surface area contributed by atoms with E-state index in [1.165, 1.54) is 0 Å². The Bertz CT molecular complexity index is 571. The van der Waals surface area contributed by atoms with Gasteiger partial charge in [0, 0.05) is 24.9 Å². The van der Waals surface area contributed by atoms with Crippen LogP contribution in [0.4, 0.5) is 0 Å². The van der Waals surface area contributed by atoms with Crippen molar-refractivity contribution in [1.29, 1.82) is 0 Å². The number of amides is 1. The van der Waals surface area contributed by atoms with Crippen LogP contribution < -0.4 is 10.6 Å². The molecule has 1 aliphatic rings. The summed E-state index contributed by atoms with van der Waals surface area (Å²) in [6.07, 6.45) is 5.54. The molecular weight excluding hydrogens is 264 g/mol. The van der Waals surface area contributed by atoms with Gasteiger partial charge in [-0.1, -0.05) is 12.1 Å². The van der Waals surface area contributed by atoms with Crippen molar-refractivity contribution in [2.75, 3.05) is 13.1 Å². The number of nitrogens with one attached hydrogen (secondary N) is 2. The van der Waals surface area contributed by atoms with E-state index < -0.39 is 0 Å². The van der Waals surface area contributed by atoms with Crippen molar-refractivity contribution in [3.05, 3.63) is 48.3 Å². The number of hydrogen-bond acceptors (Lipinski definition) is 3. The largest absolute Gasteiger partial charge is 0.352 e. The molecule has 2 aromatic rings. The van der Waals surface area contributed by atoms with Crippen LogP contribution in [0.1, 0.15) is 18.4 Å². The summed E-state index contributed by atoms with van der Waals surface area (Å²) >= 11 is 0. The lowest BCUT2D eigenvalue weighted by atomic mass is 9.97. The molecule has 1 amide bonds. The van der Waals surface area contributed by atoms with Crippen molar-refractivity contribution in [3.63, 3.8) is 0 Å². The van der Waals surface area contributed by atoms with Crippen molar-refractivity contribution < 1.29 is 4.79 Å². The first-order valence-electron chi connectivity index (χ1n) is 7.40. The number of rotatable bonds is 4. The number of aromatic nitrogens is 2. The molecular formula is C16H20N4O. The molecule has 0 unspecified atom stereocenters. The third kappa shape index (κ3) is 3.49. The van der Waals surface area contributed by atoms with Gasteiger partial charge in [0.05, 0.1) is 5.69 Å². The molecule has 1 aromatic carbocycles. The van der Waals surface area contributed by atoms with E-state index in [0.717, 1.165) is 37.2 Å². The van der Waals surface area contributed by atoms with Crippen molar-refractivity contribution >= 4 is 5.91 Å². The highest BCUT2D eigenvalue weighted by atomic mass is 16.1. The van der Waals surface area contributed by atoms with Gasteiger partial charge in [-0.25, -0.2) is 4.68 Å². The van der Waals surface area contributed by atoms with Gasteiger partial charge < -0.3 is 10.6 Å². The molecule has 0 bridgehead atoms. The molecule has 5 nitrogen and oxygen atoms in total. The molecule has 0 aliphatic carbocycles. The molecule has 1 aromatic heterocycles. The Labute approximate surface area is 124 Å². The predicted molar refractivity (Wildman–Crippen MR) is 81.0 cm³/mol. The minimum Gasteiger partial charge on any atom is -0.352 e. The van der Waals surface area contributed by atoms with Gasteiger partial charge in [-0.05, 0) is 49.7 Å². The quantitative estimate of drug-likeness (QED) is 0.894. The monoisotopic (exact) mass is 284 g/mol. The summed E-state index contributed by atoms with van der Waals surface area (Å²) in [5.41, 5.74) is 2.13. The van der Waals surface area contributed by atoms with E-state index in [9.17, 15) is 4.79 Å². The van der Waals surface area contributed by atoms with Gasteiger partial charge in [-0.15, -0.1) is 0 Å². The number of carbonyl (C=O) groups is 1. The number of nitrogens with zero attached hydrogens (tertiary/aromatic N) is 2. The standard InChI is InChI=1S/C16H20N4O/c21-16(14-6-9-17-10-7-14)18-12-13-2-4-15(5-3-13)20-11-1-8-19-20/h1-5,8,11,14,17H,6-7,9-10,12H2,(H,18,21). The van der Waals surface area contributed by atoms with Crippen LogP contribution in [0.25, 0.3) is 5.69 Å². The van der Waals surface area contributed by atoms with E-state index in [0.29, 0.717) is 6.54 Å². The van der Waals surface area contributed by atoms with Gasteiger partial charge in [-0.3, -0.25) is 4.79 Å². The Morgan fingerprint density at radius 2 is 2.05 bits per heavy atom. The number of piperidine rings is 1. The van der Waals surface area contributed by atoms with Crippen LogP contribution in [-0.4, -0.2) is 28.8 Å². The Morgan fingerprint density at radius 1 is 1.29 bits per heavy atom. The van der Waals surface area contributed by atoms with E-state index in [-0.39, 0.29) is 11.8 Å². The van der Waals surface area contributed by atoms with Crippen molar-refractivity contribution in [1.82, 2.24) is 20.4 Å². The Hall–Kier alpha value is -2.14. The van der Waals surface area contributed by atoms with Crippen LogP contribution in [0.5, 0.6) is 0 Å². The molecule has 3 rings (SSSR count). The van der Waals surface area contributed by atoms with E-state index in [4.69, 9.17) is 0 Å². The second-order valence-electron chi connectivity index (χ2n) is 5.36. The average Bonchev–Trinajstić information content (AvgIpc) is 3.08. The van der Waals surface area contributed by atoms with Gasteiger partial charge >= 0.3 is 0 Å². The third-order valence-electron chi connectivity index (χ3n) is 3.88. The second-order valence-corrected chi connectivity index (χ2v) is 5.36. The zero-order valence-corrected chi connectivity index (χ0v) is 12.0. The minimum absolute atomic E-state index is 0.162. The molecule has 0 spiro atoms. The van der Waals surface area contributed by atoms with Gasteiger partial charge in [0.25, 0.3) is 0 Å². The smallest absolute Gasteiger partial charge is 0.223 e. The zero-order valence-electron chi connectivity index (χ0n) is 12.0. The van der Waals surface area contributed by atoms with Crippen molar-refractivity contribution in [2.24, 2.45) is 5.92 Å². The maximum atomic E-state index is 12.1. The van der Waals surface area contributed by atoms with Crippen LogP contribution in [0.2, 0.25) is 0 Å². The van der Waals surface area contributed by atoms with Crippen molar-refractivity contribution in [2.45, 2.75) is 19.4 Å². The molecule has 21 heavy (non-hydrogen) atoms. The molecule has 1 fully saturated rings. The highest BCUT2D eigenvalue weighted by molar-refractivity contribution is 5.78. The first-order valence-corrected chi connectivity index (χ1v) is 7.40. The van der Waals surface area contributed by atoms with Gasteiger partial charge in [0.15, 0.2) is 0 Å². The first-order chi connectivity index (χ1) is 10.3. The molecule has 2 N–H and O–H groups in total. The fraction of sp³-hybridized carbons (Fsp3) is 0.375.